The van der Waals surface area contributed by atoms with Crippen LogP contribution in [0.4, 0.5) is 15.8 Å². The molecule has 76 valence electrons. The quantitative estimate of drug-likeness (QED) is 0.756. The van der Waals surface area contributed by atoms with E-state index in [0.717, 1.165) is 30.8 Å². The van der Waals surface area contributed by atoms with E-state index in [1.807, 2.05) is 0 Å². The van der Waals surface area contributed by atoms with Gasteiger partial charge in [0, 0.05) is 12.6 Å². The van der Waals surface area contributed by atoms with Crippen LogP contribution in [0.2, 0.25) is 0 Å². The number of halogens is 1. The van der Waals surface area contributed by atoms with E-state index in [1.54, 1.807) is 6.07 Å². The molecule has 0 saturated heterocycles. The summed E-state index contributed by atoms with van der Waals surface area (Å²) in [5.74, 6) is -0.188. The van der Waals surface area contributed by atoms with Gasteiger partial charge in [0.2, 0.25) is 0 Å². The maximum absolute atomic E-state index is 12.9. The van der Waals surface area contributed by atoms with Gasteiger partial charge in [-0.05, 0) is 24.6 Å². The van der Waals surface area contributed by atoms with Crippen molar-refractivity contribution in [3.63, 3.8) is 0 Å². The molecule has 3 heteroatoms. The van der Waals surface area contributed by atoms with Crippen molar-refractivity contribution in [1.29, 1.82) is 0 Å². The van der Waals surface area contributed by atoms with E-state index in [0.29, 0.717) is 6.04 Å². The average Bonchev–Trinajstić information content (AvgIpc) is 2.19. The van der Waals surface area contributed by atoms with Gasteiger partial charge in [-0.2, -0.15) is 0 Å². The Kier molecular flexibility index (Phi) is 2.57. The molecule has 0 aliphatic carbocycles. The molecule has 2 rings (SSSR count). The Morgan fingerprint density at radius 3 is 3.07 bits per heavy atom. The molecule has 1 aliphatic heterocycles. The minimum atomic E-state index is -0.188. The second kappa shape index (κ2) is 3.86. The van der Waals surface area contributed by atoms with Crippen molar-refractivity contribution in [2.24, 2.45) is 0 Å². The SMILES string of the molecule is CCCC1CNc2cc(F)ccc2N1. The first-order valence-corrected chi connectivity index (χ1v) is 5.09. The average molecular weight is 194 g/mol. The zero-order valence-electron chi connectivity index (χ0n) is 8.31. The first-order valence-electron chi connectivity index (χ1n) is 5.09. The molecular weight excluding hydrogens is 179 g/mol. The van der Waals surface area contributed by atoms with Crippen molar-refractivity contribution in [1.82, 2.24) is 0 Å². The lowest BCUT2D eigenvalue weighted by Crippen LogP contribution is -2.32. The van der Waals surface area contributed by atoms with Crippen LogP contribution >= 0.6 is 0 Å². The number of fused-ring (bicyclic) bond motifs is 1. The molecule has 0 radical (unpaired) electrons. The highest BCUT2D eigenvalue weighted by Crippen LogP contribution is 2.27. The minimum absolute atomic E-state index is 0.188. The lowest BCUT2D eigenvalue weighted by atomic mass is 10.1. The summed E-state index contributed by atoms with van der Waals surface area (Å²) in [5, 5.41) is 6.63. The lowest BCUT2D eigenvalue weighted by molar-refractivity contribution is 0.623. The highest BCUT2D eigenvalue weighted by atomic mass is 19.1. The molecule has 1 unspecified atom stereocenters. The molecule has 2 nitrogen and oxygen atoms in total. The van der Waals surface area contributed by atoms with Gasteiger partial charge >= 0.3 is 0 Å². The predicted octanol–water partition coefficient (Wildman–Crippen LogP) is 2.83. The molecule has 0 saturated carbocycles. The second-order valence-electron chi connectivity index (χ2n) is 3.70. The fourth-order valence-electron chi connectivity index (χ4n) is 1.82. The summed E-state index contributed by atoms with van der Waals surface area (Å²) in [6.07, 6.45) is 2.31. The van der Waals surface area contributed by atoms with Gasteiger partial charge in [0.1, 0.15) is 5.82 Å². The molecule has 0 aromatic heterocycles. The summed E-state index contributed by atoms with van der Waals surface area (Å²) in [6.45, 7) is 3.05. The molecule has 1 aromatic carbocycles. The summed E-state index contributed by atoms with van der Waals surface area (Å²) in [6, 6.07) is 5.28. The first-order chi connectivity index (χ1) is 6.79. The molecule has 1 heterocycles. The molecule has 0 spiro atoms. The van der Waals surface area contributed by atoms with Crippen molar-refractivity contribution in [2.75, 3.05) is 17.2 Å². The summed E-state index contributed by atoms with van der Waals surface area (Å²) in [5.41, 5.74) is 1.88. The number of hydrogen-bond acceptors (Lipinski definition) is 2. The van der Waals surface area contributed by atoms with E-state index in [-0.39, 0.29) is 5.82 Å². The van der Waals surface area contributed by atoms with Crippen LogP contribution in [0.25, 0.3) is 0 Å². The summed E-state index contributed by atoms with van der Waals surface area (Å²) in [4.78, 5) is 0. The molecule has 1 aromatic rings. The Hall–Kier alpha value is -1.25. The van der Waals surface area contributed by atoms with Crippen molar-refractivity contribution >= 4 is 11.4 Å². The lowest BCUT2D eigenvalue weighted by Gasteiger charge is -2.28. The van der Waals surface area contributed by atoms with Crippen LogP contribution in [-0.2, 0) is 0 Å². The zero-order chi connectivity index (χ0) is 9.97. The van der Waals surface area contributed by atoms with E-state index in [4.69, 9.17) is 0 Å². The summed E-state index contributed by atoms with van der Waals surface area (Å²) >= 11 is 0. The largest absolute Gasteiger partial charge is 0.381 e. The molecule has 0 amide bonds. The third-order valence-electron chi connectivity index (χ3n) is 2.52. The molecule has 0 fully saturated rings. The van der Waals surface area contributed by atoms with Gasteiger partial charge in [-0.25, -0.2) is 4.39 Å². The normalized spacial score (nSPS) is 19.4. The first kappa shape index (κ1) is 9.31. The highest BCUT2D eigenvalue weighted by molar-refractivity contribution is 5.71. The Bertz CT molecular complexity index is 325. The van der Waals surface area contributed by atoms with Crippen LogP contribution in [0.1, 0.15) is 19.8 Å². The number of hydrogen-bond donors (Lipinski definition) is 2. The Morgan fingerprint density at radius 2 is 2.29 bits per heavy atom. The van der Waals surface area contributed by atoms with E-state index in [2.05, 4.69) is 17.6 Å². The monoisotopic (exact) mass is 194 g/mol. The zero-order valence-corrected chi connectivity index (χ0v) is 8.31. The summed E-state index contributed by atoms with van der Waals surface area (Å²) in [7, 11) is 0. The van der Waals surface area contributed by atoms with Crippen LogP contribution in [-0.4, -0.2) is 12.6 Å². The van der Waals surface area contributed by atoms with E-state index in [9.17, 15) is 4.39 Å². The minimum Gasteiger partial charge on any atom is -0.381 e. The van der Waals surface area contributed by atoms with Crippen LogP contribution in [0.15, 0.2) is 18.2 Å². The molecule has 1 aliphatic rings. The molecule has 0 bridgehead atoms. The van der Waals surface area contributed by atoms with Crippen LogP contribution in [0.5, 0.6) is 0 Å². The third-order valence-corrected chi connectivity index (χ3v) is 2.52. The Morgan fingerprint density at radius 1 is 1.43 bits per heavy atom. The topological polar surface area (TPSA) is 24.1 Å². The fraction of sp³-hybridized carbons (Fsp3) is 0.455. The third kappa shape index (κ3) is 1.81. The van der Waals surface area contributed by atoms with Crippen molar-refractivity contribution in [3.05, 3.63) is 24.0 Å². The smallest absolute Gasteiger partial charge is 0.125 e. The molecular formula is C11H15FN2. The van der Waals surface area contributed by atoms with Gasteiger partial charge in [0.15, 0.2) is 0 Å². The van der Waals surface area contributed by atoms with E-state index >= 15 is 0 Å². The van der Waals surface area contributed by atoms with Gasteiger partial charge in [0.05, 0.1) is 11.4 Å². The number of rotatable bonds is 2. The Balaban J connectivity index is 2.15. The highest BCUT2D eigenvalue weighted by Gasteiger charge is 2.16. The van der Waals surface area contributed by atoms with Gasteiger partial charge < -0.3 is 10.6 Å². The maximum atomic E-state index is 12.9. The van der Waals surface area contributed by atoms with E-state index < -0.39 is 0 Å². The molecule has 14 heavy (non-hydrogen) atoms. The van der Waals surface area contributed by atoms with Crippen LogP contribution in [0.3, 0.4) is 0 Å². The molecule has 2 N–H and O–H groups in total. The van der Waals surface area contributed by atoms with E-state index in [1.165, 1.54) is 12.1 Å². The van der Waals surface area contributed by atoms with Crippen molar-refractivity contribution in [2.45, 2.75) is 25.8 Å². The van der Waals surface area contributed by atoms with Gasteiger partial charge in [-0.15, -0.1) is 0 Å². The van der Waals surface area contributed by atoms with Gasteiger partial charge in [-0.1, -0.05) is 13.3 Å². The number of benzene rings is 1. The summed E-state index contributed by atoms with van der Waals surface area (Å²) < 4.78 is 12.9. The Labute approximate surface area is 83.5 Å². The second-order valence-corrected chi connectivity index (χ2v) is 3.70. The van der Waals surface area contributed by atoms with Crippen molar-refractivity contribution in [3.8, 4) is 0 Å². The van der Waals surface area contributed by atoms with Crippen LogP contribution < -0.4 is 10.6 Å². The predicted molar refractivity (Wildman–Crippen MR) is 57.2 cm³/mol. The molecule has 1 atom stereocenters. The van der Waals surface area contributed by atoms with Gasteiger partial charge in [0.25, 0.3) is 0 Å². The fourth-order valence-corrected chi connectivity index (χ4v) is 1.82. The van der Waals surface area contributed by atoms with Gasteiger partial charge in [-0.3, -0.25) is 0 Å². The van der Waals surface area contributed by atoms with Crippen molar-refractivity contribution < 1.29 is 4.39 Å². The standard InChI is InChI=1S/C11H15FN2/c1-2-3-9-7-13-11-6-8(12)4-5-10(11)14-9/h4-6,9,13-14H,2-3,7H2,1H3. The number of anilines is 2. The van der Waals surface area contributed by atoms with Crippen LogP contribution in [0, 0.1) is 5.82 Å². The number of nitrogens with one attached hydrogen (secondary N) is 2. The maximum Gasteiger partial charge on any atom is 0.125 e.